The predicted octanol–water partition coefficient (Wildman–Crippen LogP) is 21.6. The SMILES string of the molecule is CCCCC/C=C\C=C/CCCCCCCCCCCCC(=O)OCC(COC(=O)CCCCCCCCCCCCCCCCCCCC)OC(=O)CCCCCCC\C=C/C=C\C=C/CCCCCCC. The molecule has 0 fully saturated rings. The van der Waals surface area contributed by atoms with Crippen molar-refractivity contribution in [3.8, 4) is 0 Å². The van der Waals surface area contributed by atoms with Crippen LogP contribution in [-0.4, -0.2) is 37.2 Å². The Bertz CT molecular complexity index is 1310. The van der Waals surface area contributed by atoms with Gasteiger partial charge in [-0.05, 0) is 70.6 Å². The molecule has 0 saturated carbocycles. The van der Waals surface area contributed by atoms with Crippen molar-refractivity contribution in [2.24, 2.45) is 0 Å². The maximum Gasteiger partial charge on any atom is 0.306 e. The highest BCUT2D eigenvalue weighted by molar-refractivity contribution is 5.71. The maximum absolute atomic E-state index is 12.9. The first-order valence-corrected chi connectivity index (χ1v) is 31.8. The highest BCUT2D eigenvalue weighted by Gasteiger charge is 2.19. The van der Waals surface area contributed by atoms with Crippen LogP contribution in [-0.2, 0) is 28.6 Å². The van der Waals surface area contributed by atoms with Gasteiger partial charge in [0.15, 0.2) is 6.10 Å². The summed E-state index contributed by atoms with van der Waals surface area (Å²) in [5.74, 6) is -0.885. The Kier molecular flexibility index (Phi) is 59.2. The lowest BCUT2D eigenvalue weighted by atomic mass is 10.0. The van der Waals surface area contributed by atoms with Crippen LogP contribution in [0.2, 0.25) is 0 Å². The molecule has 1 unspecified atom stereocenters. The summed E-state index contributed by atoms with van der Waals surface area (Å²) in [6.07, 6.45) is 77.8. The highest BCUT2D eigenvalue weighted by Crippen LogP contribution is 2.17. The fourth-order valence-electron chi connectivity index (χ4n) is 9.26. The number of allylic oxidation sites excluding steroid dienone is 10. The third-order valence-electron chi connectivity index (χ3n) is 14.1. The molecule has 73 heavy (non-hydrogen) atoms. The molecule has 0 aromatic rings. The van der Waals surface area contributed by atoms with Crippen LogP contribution in [0.1, 0.15) is 329 Å². The van der Waals surface area contributed by atoms with E-state index in [1.54, 1.807) is 0 Å². The molecule has 424 valence electrons. The molecular formula is C67H120O6. The second-order valence-electron chi connectivity index (χ2n) is 21.4. The monoisotopic (exact) mass is 1020 g/mol. The summed E-state index contributed by atoms with van der Waals surface area (Å²) >= 11 is 0. The molecule has 6 heteroatoms. The number of hydrogen-bond donors (Lipinski definition) is 0. The molecule has 0 radical (unpaired) electrons. The van der Waals surface area contributed by atoms with Crippen molar-refractivity contribution < 1.29 is 28.6 Å². The summed E-state index contributed by atoms with van der Waals surface area (Å²) in [4.78, 5) is 38.3. The molecule has 0 aliphatic carbocycles. The summed E-state index contributed by atoms with van der Waals surface area (Å²) < 4.78 is 16.9. The van der Waals surface area contributed by atoms with Gasteiger partial charge in [-0.2, -0.15) is 0 Å². The summed E-state index contributed by atoms with van der Waals surface area (Å²) in [6.45, 7) is 6.63. The van der Waals surface area contributed by atoms with Crippen LogP contribution in [0.25, 0.3) is 0 Å². The van der Waals surface area contributed by atoms with E-state index in [4.69, 9.17) is 14.2 Å². The lowest BCUT2D eigenvalue weighted by molar-refractivity contribution is -0.167. The number of carbonyl (C=O) groups excluding carboxylic acids is 3. The van der Waals surface area contributed by atoms with Gasteiger partial charge in [-0.1, -0.05) is 300 Å². The molecule has 0 aliphatic heterocycles. The van der Waals surface area contributed by atoms with E-state index < -0.39 is 6.10 Å². The molecule has 0 aromatic heterocycles. The van der Waals surface area contributed by atoms with Crippen molar-refractivity contribution in [1.29, 1.82) is 0 Å². The minimum absolute atomic E-state index is 0.0804. The summed E-state index contributed by atoms with van der Waals surface area (Å²) in [5.41, 5.74) is 0. The number of rotatable bonds is 58. The van der Waals surface area contributed by atoms with Gasteiger partial charge in [0.1, 0.15) is 13.2 Å². The van der Waals surface area contributed by atoms with Gasteiger partial charge in [0.2, 0.25) is 0 Å². The Labute approximate surface area is 453 Å². The van der Waals surface area contributed by atoms with Crippen LogP contribution in [0, 0.1) is 0 Å². The van der Waals surface area contributed by atoms with Crippen LogP contribution in [0.4, 0.5) is 0 Å². The van der Waals surface area contributed by atoms with Crippen LogP contribution < -0.4 is 0 Å². The van der Waals surface area contributed by atoms with Gasteiger partial charge in [0.05, 0.1) is 0 Å². The van der Waals surface area contributed by atoms with Crippen molar-refractivity contribution in [3.05, 3.63) is 60.8 Å². The fourth-order valence-corrected chi connectivity index (χ4v) is 9.26. The molecule has 0 rings (SSSR count). The van der Waals surface area contributed by atoms with Crippen LogP contribution in [0.3, 0.4) is 0 Å². The van der Waals surface area contributed by atoms with E-state index in [0.717, 1.165) is 77.0 Å². The van der Waals surface area contributed by atoms with E-state index in [9.17, 15) is 14.4 Å². The second kappa shape index (κ2) is 61.7. The molecule has 0 heterocycles. The van der Waals surface area contributed by atoms with Crippen molar-refractivity contribution >= 4 is 17.9 Å². The van der Waals surface area contributed by atoms with Gasteiger partial charge in [0.25, 0.3) is 0 Å². The first-order valence-electron chi connectivity index (χ1n) is 31.8. The van der Waals surface area contributed by atoms with E-state index in [-0.39, 0.29) is 31.1 Å². The van der Waals surface area contributed by atoms with Crippen molar-refractivity contribution in [3.63, 3.8) is 0 Å². The van der Waals surface area contributed by atoms with E-state index in [1.165, 1.54) is 212 Å². The first kappa shape index (κ1) is 70.1. The Morgan fingerprint density at radius 2 is 0.493 bits per heavy atom. The molecule has 0 aliphatic rings. The number of esters is 3. The standard InChI is InChI=1S/C67H120O6/c1-4-7-10-13-16-19-22-25-28-31-34-37-39-42-45-48-51-54-57-60-66(69)72-63-64(73-67(70)61-58-55-52-49-46-43-40-36-33-30-27-24-21-18-15-12-9-6-3)62-71-65(68)59-56-53-50-47-44-41-38-35-32-29-26-23-20-17-14-11-8-5-2/h16,19,22,24-25,27,30,33,36,40,64H,4-15,17-18,20-21,23,26,28-29,31-32,34-35,37-39,41-63H2,1-3H3/b19-16-,25-22-,27-24-,33-30-,40-36-. The minimum atomic E-state index is -0.786. The number of ether oxygens (including phenoxy) is 3. The normalized spacial score (nSPS) is 12.4. The zero-order valence-electron chi connectivity index (χ0n) is 48.7. The number of unbranched alkanes of at least 4 members (excludes halogenated alkanes) is 40. The largest absolute Gasteiger partial charge is 0.462 e. The third-order valence-corrected chi connectivity index (χ3v) is 14.1. The Morgan fingerprint density at radius 3 is 0.795 bits per heavy atom. The lowest BCUT2D eigenvalue weighted by Gasteiger charge is -2.18. The van der Waals surface area contributed by atoms with Gasteiger partial charge >= 0.3 is 17.9 Å². The Balaban J connectivity index is 4.39. The minimum Gasteiger partial charge on any atom is -0.462 e. The van der Waals surface area contributed by atoms with Gasteiger partial charge < -0.3 is 14.2 Å². The van der Waals surface area contributed by atoms with Crippen LogP contribution >= 0.6 is 0 Å². The Morgan fingerprint density at radius 1 is 0.274 bits per heavy atom. The first-order chi connectivity index (χ1) is 36.0. The zero-order valence-corrected chi connectivity index (χ0v) is 48.7. The second-order valence-corrected chi connectivity index (χ2v) is 21.4. The smallest absolute Gasteiger partial charge is 0.306 e. The average Bonchev–Trinajstić information content (AvgIpc) is 3.39. The molecule has 6 nitrogen and oxygen atoms in total. The van der Waals surface area contributed by atoms with Crippen molar-refractivity contribution in [2.45, 2.75) is 335 Å². The lowest BCUT2D eigenvalue weighted by Crippen LogP contribution is -2.30. The quantitative estimate of drug-likeness (QED) is 0.0261. The van der Waals surface area contributed by atoms with Gasteiger partial charge in [0, 0.05) is 19.3 Å². The maximum atomic E-state index is 12.9. The summed E-state index contributed by atoms with van der Waals surface area (Å²) in [7, 11) is 0. The summed E-state index contributed by atoms with van der Waals surface area (Å²) in [5, 5.41) is 0. The molecule has 0 saturated heterocycles. The molecule has 0 spiro atoms. The Hall–Kier alpha value is -2.89. The van der Waals surface area contributed by atoms with E-state index in [1.807, 2.05) is 0 Å². The molecule has 0 N–H and O–H groups in total. The fraction of sp³-hybridized carbons (Fsp3) is 0.806. The van der Waals surface area contributed by atoms with E-state index in [0.29, 0.717) is 19.3 Å². The van der Waals surface area contributed by atoms with Gasteiger partial charge in [-0.15, -0.1) is 0 Å². The molecular weight excluding hydrogens is 901 g/mol. The predicted molar refractivity (Wildman–Crippen MR) is 316 cm³/mol. The number of hydrogen-bond acceptors (Lipinski definition) is 6. The van der Waals surface area contributed by atoms with E-state index >= 15 is 0 Å². The average molecular weight is 1020 g/mol. The molecule has 0 amide bonds. The van der Waals surface area contributed by atoms with Crippen molar-refractivity contribution in [1.82, 2.24) is 0 Å². The van der Waals surface area contributed by atoms with Gasteiger partial charge in [-0.25, -0.2) is 0 Å². The molecule has 0 aromatic carbocycles. The highest BCUT2D eigenvalue weighted by atomic mass is 16.6. The van der Waals surface area contributed by atoms with E-state index in [2.05, 4.69) is 81.5 Å². The summed E-state index contributed by atoms with van der Waals surface area (Å²) in [6, 6.07) is 0. The molecule has 1 atom stereocenters. The zero-order chi connectivity index (χ0) is 52.9. The topological polar surface area (TPSA) is 78.9 Å². The van der Waals surface area contributed by atoms with Gasteiger partial charge in [-0.3, -0.25) is 14.4 Å². The molecule has 0 bridgehead atoms. The van der Waals surface area contributed by atoms with Crippen LogP contribution in [0.5, 0.6) is 0 Å². The van der Waals surface area contributed by atoms with Crippen LogP contribution in [0.15, 0.2) is 60.8 Å². The van der Waals surface area contributed by atoms with Crippen molar-refractivity contribution in [2.75, 3.05) is 13.2 Å². The third kappa shape index (κ3) is 59.9. The number of carbonyl (C=O) groups is 3.